The number of fused-ring (bicyclic) bond motifs is 1. The highest BCUT2D eigenvalue weighted by Gasteiger charge is 2.24. The van der Waals surface area contributed by atoms with E-state index in [1.165, 1.54) is 12.0 Å². The Morgan fingerprint density at radius 2 is 1.56 bits per heavy atom. The molecule has 2 unspecified atom stereocenters. The molecule has 2 atom stereocenters. The molecule has 3 aromatic carbocycles. The lowest BCUT2D eigenvalue weighted by Crippen LogP contribution is -2.18. The average molecular weight is 472 g/mol. The van der Waals surface area contributed by atoms with Crippen LogP contribution in [-0.2, 0) is 4.74 Å². The lowest BCUT2D eigenvalue weighted by molar-refractivity contribution is -0.0696. The van der Waals surface area contributed by atoms with Gasteiger partial charge in [-0.1, -0.05) is 36.8 Å². The van der Waals surface area contributed by atoms with Gasteiger partial charge in [-0.3, -0.25) is 0 Å². The predicted octanol–water partition coefficient (Wildman–Crippen LogP) is 7.06. The summed E-state index contributed by atoms with van der Waals surface area (Å²) >= 11 is 0. The third-order valence-electron chi connectivity index (χ3n) is 5.55. The minimum atomic E-state index is -4.94. The van der Waals surface area contributed by atoms with E-state index in [4.69, 9.17) is 4.74 Å². The first-order valence-corrected chi connectivity index (χ1v) is 10.6. The van der Waals surface area contributed by atoms with Gasteiger partial charge in [0.1, 0.15) is 11.6 Å². The highest BCUT2D eigenvalue weighted by Crippen LogP contribution is 2.31. The summed E-state index contributed by atoms with van der Waals surface area (Å²) in [5.41, 5.74) is 0.721. The van der Waals surface area contributed by atoms with Gasteiger partial charge in [0, 0.05) is 23.7 Å². The van der Waals surface area contributed by atoms with Gasteiger partial charge in [0.2, 0.25) is 0 Å². The Bertz CT molecular complexity index is 1340. The fourth-order valence-electron chi connectivity index (χ4n) is 3.80. The highest BCUT2D eigenvalue weighted by molar-refractivity contribution is 5.87. The molecule has 0 spiro atoms. The Morgan fingerprint density at radius 1 is 0.853 bits per heavy atom. The van der Waals surface area contributed by atoms with Crippen LogP contribution in [0.1, 0.15) is 48.1 Å². The maximum Gasteiger partial charge on any atom is 0.458 e. The predicted molar refractivity (Wildman–Crippen MR) is 116 cm³/mol. The Balaban J connectivity index is 1.61. The van der Waals surface area contributed by atoms with E-state index in [1.807, 2.05) is 24.3 Å². The van der Waals surface area contributed by atoms with Crippen LogP contribution in [0.25, 0.3) is 10.8 Å². The zero-order chi connectivity index (χ0) is 24.5. The van der Waals surface area contributed by atoms with Gasteiger partial charge in [0.15, 0.2) is 5.82 Å². The maximum atomic E-state index is 14.6. The molecule has 1 nitrogen and oxygen atoms in total. The SMILES string of the molecule is CC1CCC(c2ccc(C#Cc3cc(F)c4c(F)c(C#CC(F)(F)F)c(F)cc4c3)cc2)OC1. The first-order chi connectivity index (χ1) is 16.1. The zero-order valence-corrected chi connectivity index (χ0v) is 18.0. The van der Waals surface area contributed by atoms with Gasteiger partial charge in [-0.05, 0) is 60.0 Å². The van der Waals surface area contributed by atoms with E-state index in [1.54, 1.807) is 0 Å². The number of alkyl halides is 3. The van der Waals surface area contributed by atoms with Crippen LogP contribution in [0.15, 0.2) is 42.5 Å². The van der Waals surface area contributed by atoms with Gasteiger partial charge >= 0.3 is 6.18 Å². The summed E-state index contributed by atoms with van der Waals surface area (Å²) < 4.78 is 86.1. The van der Waals surface area contributed by atoms with E-state index in [0.717, 1.165) is 43.1 Å². The van der Waals surface area contributed by atoms with Crippen LogP contribution in [0.3, 0.4) is 0 Å². The zero-order valence-electron chi connectivity index (χ0n) is 18.0. The molecule has 7 heteroatoms. The summed E-state index contributed by atoms with van der Waals surface area (Å²) in [6, 6.07) is 10.4. The average Bonchev–Trinajstić information content (AvgIpc) is 2.77. The number of hydrogen-bond acceptors (Lipinski definition) is 1. The second kappa shape index (κ2) is 9.44. The van der Waals surface area contributed by atoms with Crippen molar-refractivity contribution in [1.29, 1.82) is 0 Å². The maximum absolute atomic E-state index is 14.6. The standard InChI is InChI=1S/C27H18F6O/c1-16-2-9-24(34-15-16)19-7-5-17(6-8-19)3-4-18-12-20-14-22(28)21(10-11-27(31,32)33)26(30)25(20)23(29)13-18/h5-8,12-14,16,24H,2,9,15H2,1H3. The quantitative estimate of drug-likeness (QED) is 0.272. The lowest BCUT2D eigenvalue weighted by Gasteiger charge is -2.27. The van der Waals surface area contributed by atoms with Crippen LogP contribution in [0.5, 0.6) is 0 Å². The number of halogens is 6. The molecule has 1 aliphatic heterocycles. The lowest BCUT2D eigenvalue weighted by atomic mass is 9.95. The number of rotatable bonds is 1. The Labute approximate surface area is 192 Å². The molecule has 3 aromatic rings. The number of hydrogen-bond donors (Lipinski definition) is 0. The van der Waals surface area contributed by atoms with E-state index >= 15 is 0 Å². The van der Waals surface area contributed by atoms with Crippen molar-refractivity contribution in [3.63, 3.8) is 0 Å². The molecule has 0 aliphatic carbocycles. The molecule has 4 rings (SSSR count). The summed E-state index contributed by atoms with van der Waals surface area (Å²) in [7, 11) is 0. The molecule has 1 saturated heterocycles. The van der Waals surface area contributed by atoms with Gasteiger partial charge in [-0.15, -0.1) is 0 Å². The van der Waals surface area contributed by atoms with E-state index in [-0.39, 0.29) is 17.1 Å². The molecular weight excluding hydrogens is 454 g/mol. The molecule has 1 heterocycles. The molecule has 174 valence electrons. The van der Waals surface area contributed by atoms with E-state index in [2.05, 4.69) is 18.8 Å². The minimum absolute atomic E-state index is 0.0447. The van der Waals surface area contributed by atoms with Crippen molar-refractivity contribution >= 4 is 10.8 Å². The van der Waals surface area contributed by atoms with Crippen LogP contribution >= 0.6 is 0 Å². The van der Waals surface area contributed by atoms with Crippen molar-refractivity contribution in [2.24, 2.45) is 5.92 Å². The number of benzene rings is 3. The summed E-state index contributed by atoms with van der Waals surface area (Å²) in [6.45, 7) is 2.87. The molecule has 0 saturated carbocycles. The van der Waals surface area contributed by atoms with E-state index in [0.29, 0.717) is 11.5 Å². The Morgan fingerprint density at radius 3 is 2.21 bits per heavy atom. The topological polar surface area (TPSA) is 9.23 Å². The number of ether oxygens (including phenoxy) is 1. The highest BCUT2D eigenvalue weighted by atomic mass is 19.4. The molecular formula is C27H18F6O. The molecule has 1 aliphatic rings. The fraction of sp³-hybridized carbons (Fsp3) is 0.259. The summed E-state index contributed by atoms with van der Waals surface area (Å²) in [4.78, 5) is 0. The second-order valence-electron chi connectivity index (χ2n) is 8.23. The first kappa shape index (κ1) is 23.7. The van der Waals surface area contributed by atoms with Gasteiger partial charge < -0.3 is 4.74 Å². The summed E-state index contributed by atoms with van der Waals surface area (Å²) in [5.74, 6) is 4.50. The van der Waals surface area contributed by atoms with Gasteiger partial charge in [-0.2, -0.15) is 13.2 Å². The van der Waals surface area contributed by atoms with Crippen LogP contribution in [0.4, 0.5) is 26.3 Å². The minimum Gasteiger partial charge on any atom is -0.373 e. The van der Waals surface area contributed by atoms with Crippen molar-refractivity contribution in [2.75, 3.05) is 6.61 Å². The second-order valence-corrected chi connectivity index (χ2v) is 8.23. The third-order valence-corrected chi connectivity index (χ3v) is 5.55. The molecule has 0 aromatic heterocycles. The van der Waals surface area contributed by atoms with Crippen molar-refractivity contribution in [1.82, 2.24) is 0 Å². The van der Waals surface area contributed by atoms with Crippen LogP contribution in [0.2, 0.25) is 0 Å². The molecule has 0 radical (unpaired) electrons. The van der Waals surface area contributed by atoms with Crippen molar-refractivity contribution in [3.8, 4) is 23.7 Å². The van der Waals surface area contributed by atoms with Crippen molar-refractivity contribution < 1.29 is 31.1 Å². The Hall–Kier alpha value is -3.42. The van der Waals surface area contributed by atoms with Gasteiger partial charge in [0.05, 0.1) is 17.1 Å². The molecule has 0 N–H and O–H groups in total. The molecule has 0 bridgehead atoms. The van der Waals surface area contributed by atoms with Crippen molar-refractivity contribution in [2.45, 2.75) is 32.0 Å². The van der Waals surface area contributed by atoms with Crippen molar-refractivity contribution in [3.05, 3.63) is 82.2 Å². The molecule has 34 heavy (non-hydrogen) atoms. The van der Waals surface area contributed by atoms with Gasteiger partial charge in [0.25, 0.3) is 0 Å². The van der Waals surface area contributed by atoms with Gasteiger partial charge in [-0.25, -0.2) is 13.2 Å². The summed E-state index contributed by atoms with van der Waals surface area (Å²) in [6.07, 6.45) is -2.86. The molecule has 0 amide bonds. The van der Waals surface area contributed by atoms with Crippen LogP contribution < -0.4 is 0 Å². The normalized spacial score (nSPS) is 18.1. The Kier molecular flexibility index (Phi) is 6.59. The monoisotopic (exact) mass is 472 g/mol. The van der Waals surface area contributed by atoms with Crippen LogP contribution in [-0.4, -0.2) is 12.8 Å². The van der Waals surface area contributed by atoms with E-state index in [9.17, 15) is 26.3 Å². The molecule has 1 fully saturated rings. The summed E-state index contributed by atoms with van der Waals surface area (Å²) in [5, 5.41) is -0.819. The smallest absolute Gasteiger partial charge is 0.373 e. The third kappa shape index (κ3) is 5.38. The first-order valence-electron chi connectivity index (χ1n) is 10.6. The van der Waals surface area contributed by atoms with Crippen LogP contribution in [0, 0.1) is 47.1 Å². The fourth-order valence-corrected chi connectivity index (χ4v) is 3.80. The largest absolute Gasteiger partial charge is 0.458 e. The van der Waals surface area contributed by atoms with E-state index < -0.39 is 34.6 Å².